The van der Waals surface area contributed by atoms with Crippen molar-refractivity contribution in [3.63, 3.8) is 0 Å². The Morgan fingerprint density at radius 1 is 1.33 bits per heavy atom. The summed E-state index contributed by atoms with van der Waals surface area (Å²) in [5, 5.41) is 4.05. The molecular weight excluding hydrogens is 228 g/mol. The van der Waals surface area contributed by atoms with E-state index in [1.54, 1.807) is 18.0 Å². The summed E-state index contributed by atoms with van der Waals surface area (Å²) < 4.78 is 6.84. The van der Waals surface area contributed by atoms with Crippen LogP contribution in [0.3, 0.4) is 0 Å². The van der Waals surface area contributed by atoms with Gasteiger partial charge in [0.2, 0.25) is 0 Å². The van der Waals surface area contributed by atoms with E-state index in [4.69, 9.17) is 4.74 Å². The van der Waals surface area contributed by atoms with Crippen LogP contribution in [0.5, 0.6) is 5.75 Å². The van der Waals surface area contributed by atoms with Gasteiger partial charge in [-0.1, -0.05) is 12.1 Å². The summed E-state index contributed by atoms with van der Waals surface area (Å²) in [7, 11) is 3.46. The van der Waals surface area contributed by atoms with Gasteiger partial charge in [-0.15, -0.1) is 0 Å². The third kappa shape index (κ3) is 3.20. The lowest BCUT2D eigenvalue weighted by molar-refractivity contribution is -0.117. The zero-order chi connectivity index (χ0) is 13.0. The number of aryl methyl sites for hydroxylation is 1. The van der Waals surface area contributed by atoms with Gasteiger partial charge >= 0.3 is 0 Å². The van der Waals surface area contributed by atoms with E-state index in [0.717, 1.165) is 16.9 Å². The first-order valence-electron chi connectivity index (χ1n) is 5.79. The zero-order valence-corrected chi connectivity index (χ0v) is 10.6. The fraction of sp³-hybridized carbons (Fsp3) is 0.286. The lowest BCUT2D eigenvalue weighted by Crippen LogP contribution is -2.06. The van der Waals surface area contributed by atoms with Crippen molar-refractivity contribution in [2.75, 3.05) is 7.11 Å². The second-order valence-electron chi connectivity index (χ2n) is 4.27. The van der Waals surface area contributed by atoms with E-state index in [1.165, 1.54) is 0 Å². The van der Waals surface area contributed by atoms with Gasteiger partial charge in [-0.25, -0.2) is 0 Å². The zero-order valence-electron chi connectivity index (χ0n) is 10.6. The molecular formula is C14H16N2O2. The summed E-state index contributed by atoms with van der Waals surface area (Å²) in [6, 6.07) is 7.59. The Bertz CT molecular complexity index is 546. The van der Waals surface area contributed by atoms with E-state index in [9.17, 15) is 4.79 Å². The average Bonchev–Trinajstić information content (AvgIpc) is 2.74. The maximum absolute atomic E-state index is 11.9. The largest absolute Gasteiger partial charge is 0.497 e. The summed E-state index contributed by atoms with van der Waals surface area (Å²) in [6.45, 7) is 0. The van der Waals surface area contributed by atoms with Crippen LogP contribution in [0.25, 0.3) is 0 Å². The van der Waals surface area contributed by atoms with E-state index in [-0.39, 0.29) is 5.78 Å². The van der Waals surface area contributed by atoms with Crippen LogP contribution in [0.15, 0.2) is 36.7 Å². The number of methoxy groups -OCH3 is 1. The van der Waals surface area contributed by atoms with Crippen LogP contribution in [-0.2, 0) is 24.7 Å². The van der Waals surface area contributed by atoms with E-state index in [0.29, 0.717) is 12.8 Å². The smallest absolute Gasteiger partial charge is 0.141 e. The predicted octanol–water partition coefficient (Wildman–Crippen LogP) is 1.78. The summed E-state index contributed by atoms with van der Waals surface area (Å²) in [5.74, 6) is 0.956. The highest BCUT2D eigenvalue weighted by Crippen LogP contribution is 2.13. The first-order chi connectivity index (χ1) is 8.67. The van der Waals surface area contributed by atoms with Crippen LogP contribution < -0.4 is 4.74 Å². The van der Waals surface area contributed by atoms with Crippen molar-refractivity contribution in [3.05, 3.63) is 47.8 Å². The van der Waals surface area contributed by atoms with E-state index in [2.05, 4.69) is 5.10 Å². The standard InChI is InChI=1S/C14H16N2O2/c1-16-10-12(9-15-16)7-13(17)6-11-4-3-5-14(8-11)18-2/h3-5,8-10H,6-7H2,1-2H3. The lowest BCUT2D eigenvalue weighted by atomic mass is 10.0. The summed E-state index contributed by atoms with van der Waals surface area (Å²) in [5.41, 5.74) is 1.92. The molecule has 4 nitrogen and oxygen atoms in total. The Morgan fingerprint density at radius 2 is 2.11 bits per heavy atom. The SMILES string of the molecule is COc1cccc(CC(=O)Cc2cnn(C)c2)c1. The van der Waals surface area contributed by atoms with Crippen molar-refractivity contribution in [2.45, 2.75) is 12.8 Å². The molecule has 0 bridgehead atoms. The molecule has 0 unspecified atom stereocenters. The van der Waals surface area contributed by atoms with Gasteiger partial charge in [0.25, 0.3) is 0 Å². The third-order valence-corrected chi connectivity index (χ3v) is 2.70. The number of aromatic nitrogens is 2. The normalized spacial score (nSPS) is 10.3. The highest BCUT2D eigenvalue weighted by Gasteiger charge is 2.07. The van der Waals surface area contributed by atoms with Gasteiger partial charge in [0.05, 0.1) is 13.3 Å². The molecule has 2 aromatic rings. The van der Waals surface area contributed by atoms with Gasteiger partial charge in [-0.05, 0) is 23.3 Å². The Labute approximate surface area is 106 Å². The van der Waals surface area contributed by atoms with E-state index >= 15 is 0 Å². The van der Waals surface area contributed by atoms with Crippen molar-refractivity contribution >= 4 is 5.78 Å². The monoisotopic (exact) mass is 244 g/mol. The number of hydrogen-bond acceptors (Lipinski definition) is 3. The van der Waals surface area contributed by atoms with Crippen LogP contribution in [0.2, 0.25) is 0 Å². The molecule has 2 rings (SSSR count). The molecule has 1 aromatic carbocycles. The molecule has 0 aliphatic carbocycles. The maximum atomic E-state index is 11.9. The fourth-order valence-electron chi connectivity index (χ4n) is 1.86. The van der Waals surface area contributed by atoms with Crippen LogP contribution in [0, 0.1) is 0 Å². The molecule has 0 radical (unpaired) electrons. The second-order valence-corrected chi connectivity index (χ2v) is 4.27. The average molecular weight is 244 g/mol. The van der Waals surface area contributed by atoms with Crippen LogP contribution in [-0.4, -0.2) is 22.7 Å². The fourth-order valence-corrected chi connectivity index (χ4v) is 1.86. The highest BCUT2D eigenvalue weighted by molar-refractivity contribution is 5.83. The van der Waals surface area contributed by atoms with Crippen molar-refractivity contribution in [3.8, 4) is 5.75 Å². The molecule has 0 spiro atoms. The molecule has 0 saturated heterocycles. The number of ketones is 1. The molecule has 1 aromatic heterocycles. The second kappa shape index (κ2) is 5.49. The number of carbonyl (C=O) groups excluding carboxylic acids is 1. The van der Waals surface area contributed by atoms with Gasteiger partial charge in [0.1, 0.15) is 11.5 Å². The number of ether oxygens (including phenoxy) is 1. The van der Waals surface area contributed by atoms with Crippen molar-refractivity contribution in [1.82, 2.24) is 9.78 Å². The number of nitrogens with zero attached hydrogens (tertiary/aromatic N) is 2. The number of carbonyl (C=O) groups is 1. The first kappa shape index (κ1) is 12.4. The van der Waals surface area contributed by atoms with Crippen molar-refractivity contribution < 1.29 is 9.53 Å². The minimum Gasteiger partial charge on any atom is -0.497 e. The molecule has 0 atom stereocenters. The van der Waals surface area contributed by atoms with Crippen LogP contribution >= 0.6 is 0 Å². The molecule has 4 heteroatoms. The minimum atomic E-state index is 0.177. The molecule has 0 aliphatic rings. The van der Waals surface area contributed by atoms with Crippen molar-refractivity contribution in [2.24, 2.45) is 7.05 Å². The van der Waals surface area contributed by atoms with Gasteiger partial charge in [-0.2, -0.15) is 5.10 Å². The predicted molar refractivity (Wildman–Crippen MR) is 68.6 cm³/mol. The van der Waals surface area contributed by atoms with Crippen LogP contribution in [0.1, 0.15) is 11.1 Å². The van der Waals surface area contributed by atoms with Crippen LogP contribution in [0.4, 0.5) is 0 Å². The molecule has 1 heterocycles. The number of Topliss-reactive ketones (excluding diaryl/α,β-unsaturated/α-hetero) is 1. The van der Waals surface area contributed by atoms with E-state index < -0.39 is 0 Å². The molecule has 0 N–H and O–H groups in total. The Hall–Kier alpha value is -2.10. The molecule has 94 valence electrons. The first-order valence-corrected chi connectivity index (χ1v) is 5.79. The minimum absolute atomic E-state index is 0.177. The molecule has 18 heavy (non-hydrogen) atoms. The summed E-state index contributed by atoms with van der Waals surface area (Å²) in [6.07, 6.45) is 4.43. The molecule has 0 aliphatic heterocycles. The molecule has 0 fully saturated rings. The maximum Gasteiger partial charge on any atom is 0.141 e. The third-order valence-electron chi connectivity index (χ3n) is 2.70. The molecule has 0 saturated carbocycles. The summed E-state index contributed by atoms with van der Waals surface area (Å²) in [4.78, 5) is 11.9. The number of rotatable bonds is 5. The topological polar surface area (TPSA) is 44.1 Å². The molecule has 0 amide bonds. The Morgan fingerprint density at radius 3 is 2.78 bits per heavy atom. The highest BCUT2D eigenvalue weighted by atomic mass is 16.5. The Balaban J connectivity index is 1.98. The van der Waals surface area contributed by atoms with Gasteiger partial charge in [0, 0.05) is 26.1 Å². The number of hydrogen-bond donors (Lipinski definition) is 0. The number of benzene rings is 1. The summed E-state index contributed by atoms with van der Waals surface area (Å²) >= 11 is 0. The van der Waals surface area contributed by atoms with Crippen molar-refractivity contribution in [1.29, 1.82) is 0 Å². The van der Waals surface area contributed by atoms with Gasteiger partial charge in [0.15, 0.2) is 0 Å². The van der Waals surface area contributed by atoms with E-state index in [1.807, 2.05) is 37.5 Å². The van der Waals surface area contributed by atoms with Gasteiger partial charge < -0.3 is 4.74 Å². The lowest BCUT2D eigenvalue weighted by Gasteiger charge is -2.03. The Kier molecular flexibility index (Phi) is 3.77. The quantitative estimate of drug-likeness (QED) is 0.805. The van der Waals surface area contributed by atoms with Gasteiger partial charge in [-0.3, -0.25) is 9.48 Å².